The van der Waals surface area contributed by atoms with E-state index in [1.54, 1.807) is 6.20 Å². The first-order valence-corrected chi connectivity index (χ1v) is 4.84. The fourth-order valence-corrected chi connectivity index (χ4v) is 1.54. The zero-order valence-electron chi connectivity index (χ0n) is 8.83. The molecule has 0 amide bonds. The molecule has 0 saturated carbocycles. The zero-order valence-corrected chi connectivity index (χ0v) is 8.83. The van der Waals surface area contributed by atoms with Gasteiger partial charge in [-0.25, -0.2) is 4.98 Å². The molecule has 0 spiro atoms. The van der Waals surface area contributed by atoms with Gasteiger partial charge in [0.25, 0.3) is 5.88 Å². The van der Waals surface area contributed by atoms with Crippen LogP contribution in [0, 0.1) is 0 Å². The van der Waals surface area contributed by atoms with Crippen molar-refractivity contribution in [3.05, 3.63) is 17.8 Å². The second-order valence-electron chi connectivity index (χ2n) is 4.44. The molecule has 0 bridgehead atoms. The summed E-state index contributed by atoms with van der Waals surface area (Å²) in [5, 5.41) is 0. The van der Waals surface area contributed by atoms with Crippen LogP contribution in [0.5, 0.6) is 11.6 Å². The standard InChI is InChI=1S/C11H15NO2/c1-11(2,3)8-4-5-12-10-9(8)13-6-7-14-10/h4-5H,6-7H2,1-3H3. The lowest BCUT2D eigenvalue weighted by molar-refractivity contribution is 0.161. The van der Waals surface area contributed by atoms with Gasteiger partial charge in [0.05, 0.1) is 0 Å². The van der Waals surface area contributed by atoms with Crippen LogP contribution >= 0.6 is 0 Å². The first-order valence-electron chi connectivity index (χ1n) is 4.84. The Kier molecular flexibility index (Phi) is 2.10. The van der Waals surface area contributed by atoms with Crippen molar-refractivity contribution in [3.63, 3.8) is 0 Å². The molecule has 0 saturated heterocycles. The van der Waals surface area contributed by atoms with Crippen LogP contribution in [0.4, 0.5) is 0 Å². The minimum absolute atomic E-state index is 0.0632. The molecule has 1 aliphatic rings. The highest BCUT2D eigenvalue weighted by atomic mass is 16.6. The fraction of sp³-hybridized carbons (Fsp3) is 0.545. The third kappa shape index (κ3) is 1.54. The second kappa shape index (κ2) is 3.15. The van der Waals surface area contributed by atoms with Crippen LogP contribution in [0.1, 0.15) is 26.3 Å². The summed E-state index contributed by atoms with van der Waals surface area (Å²) >= 11 is 0. The number of hydrogen-bond donors (Lipinski definition) is 0. The Labute approximate surface area is 84.1 Å². The third-order valence-electron chi connectivity index (χ3n) is 2.25. The highest BCUT2D eigenvalue weighted by Crippen LogP contribution is 2.38. The van der Waals surface area contributed by atoms with E-state index in [9.17, 15) is 0 Å². The van der Waals surface area contributed by atoms with Gasteiger partial charge in [0.15, 0.2) is 5.75 Å². The fourth-order valence-electron chi connectivity index (χ4n) is 1.54. The van der Waals surface area contributed by atoms with E-state index >= 15 is 0 Å². The Morgan fingerprint density at radius 2 is 1.93 bits per heavy atom. The van der Waals surface area contributed by atoms with Crippen LogP contribution in [0.15, 0.2) is 12.3 Å². The maximum atomic E-state index is 5.59. The number of fused-ring (bicyclic) bond motifs is 1. The second-order valence-corrected chi connectivity index (χ2v) is 4.44. The Balaban J connectivity index is 2.51. The van der Waals surface area contributed by atoms with E-state index < -0.39 is 0 Å². The molecule has 1 aromatic heterocycles. The van der Waals surface area contributed by atoms with Gasteiger partial charge in [-0.3, -0.25) is 0 Å². The lowest BCUT2D eigenvalue weighted by Crippen LogP contribution is -2.21. The van der Waals surface area contributed by atoms with E-state index in [0.717, 1.165) is 11.3 Å². The molecule has 0 N–H and O–H groups in total. The topological polar surface area (TPSA) is 31.4 Å². The number of nitrogens with zero attached hydrogens (tertiary/aromatic N) is 1. The molecular weight excluding hydrogens is 178 g/mol. The van der Waals surface area contributed by atoms with Crippen LogP contribution in [0.2, 0.25) is 0 Å². The molecule has 76 valence electrons. The SMILES string of the molecule is CC(C)(C)c1ccnc2c1OCCO2. The molecule has 2 rings (SSSR count). The van der Waals surface area contributed by atoms with Crippen molar-refractivity contribution < 1.29 is 9.47 Å². The van der Waals surface area contributed by atoms with Crippen LogP contribution in [-0.2, 0) is 5.41 Å². The van der Waals surface area contributed by atoms with E-state index in [0.29, 0.717) is 19.1 Å². The summed E-state index contributed by atoms with van der Waals surface area (Å²) in [4.78, 5) is 4.15. The summed E-state index contributed by atoms with van der Waals surface area (Å²) in [6.45, 7) is 7.66. The highest BCUT2D eigenvalue weighted by molar-refractivity contribution is 5.45. The molecule has 1 aliphatic heterocycles. The van der Waals surface area contributed by atoms with Crippen molar-refractivity contribution in [2.75, 3.05) is 13.2 Å². The largest absolute Gasteiger partial charge is 0.484 e. The predicted octanol–water partition coefficient (Wildman–Crippen LogP) is 2.15. The van der Waals surface area contributed by atoms with Gasteiger partial charge in [0.1, 0.15) is 13.2 Å². The van der Waals surface area contributed by atoms with Crippen LogP contribution in [0.3, 0.4) is 0 Å². The van der Waals surface area contributed by atoms with Crippen molar-refractivity contribution in [1.29, 1.82) is 0 Å². The predicted molar refractivity (Wildman–Crippen MR) is 53.9 cm³/mol. The maximum Gasteiger partial charge on any atom is 0.257 e. The third-order valence-corrected chi connectivity index (χ3v) is 2.25. The average Bonchev–Trinajstić information content (AvgIpc) is 2.15. The summed E-state index contributed by atoms with van der Waals surface area (Å²) < 4.78 is 11.0. The van der Waals surface area contributed by atoms with E-state index in [1.807, 2.05) is 6.07 Å². The number of pyridine rings is 1. The smallest absolute Gasteiger partial charge is 0.257 e. The minimum atomic E-state index is 0.0632. The number of ether oxygens (including phenoxy) is 2. The summed E-state index contributed by atoms with van der Waals surface area (Å²) in [6, 6.07) is 1.99. The minimum Gasteiger partial charge on any atom is -0.484 e. The Morgan fingerprint density at radius 3 is 2.64 bits per heavy atom. The maximum absolute atomic E-state index is 5.59. The summed E-state index contributed by atoms with van der Waals surface area (Å²) in [7, 11) is 0. The van der Waals surface area contributed by atoms with Gasteiger partial charge in [-0.2, -0.15) is 0 Å². The Bertz CT molecular complexity index is 342. The molecule has 1 aromatic rings. The lowest BCUT2D eigenvalue weighted by atomic mass is 9.87. The van der Waals surface area contributed by atoms with Gasteiger partial charge in [-0.15, -0.1) is 0 Å². The Hall–Kier alpha value is -1.25. The van der Waals surface area contributed by atoms with E-state index in [1.165, 1.54) is 0 Å². The van der Waals surface area contributed by atoms with E-state index in [-0.39, 0.29) is 5.41 Å². The molecule has 3 heteroatoms. The van der Waals surface area contributed by atoms with Gasteiger partial charge >= 0.3 is 0 Å². The Morgan fingerprint density at radius 1 is 1.21 bits per heavy atom. The van der Waals surface area contributed by atoms with Crippen LogP contribution in [-0.4, -0.2) is 18.2 Å². The molecule has 0 aliphatic carbocycles. The average molecular weight is 193 g/mol. The number of aromatic nitrogens is 1. The highest BCUT2D eigenvalue weighted by Gasteiger charge is 2.24. The van der Waals surface area contributed by atoms with Gasteiger partial charge < -0.3 is 9.47 Å². The van der Waals surface area contributed by atoms with E-state index in [4.69, 9.17) is 9.47 Å². The molecule has 0 aromatic carbocycles. The zero-order chi connectivity index (χ0) is 10.2. The number of hydrogen-bond acceptors (Lipinski definition) is 3. The molecule has 2 heterocycles. The normalized spacial score (nSPS) is 15.4. The van der Waals surface area contributed by atoms with Crippen LogP contribution < -0.4 is 9.47 Å². The first-order chi connectivity index (χ1) is 6.59. The van der Waals surface area contributed by atoms with Crippen molar-refractivity contribution in [2.45, 2.75) is 26.2 Å². The molecule has 3 nitrogen and oxygen atoms in total. The summed E-state index contributed by atoms with van der Waals surface area (Å²) in [5.74, 6) is 1.44. The monoisotopic (exact) mass is 193 g/mol. The summed E-state index contributed by atoms with van der Waals surface area (Å²) in [6.07, 6.45) is 1.77. The van der Waals surface area contributed by atoms with Gasteiger partial charge in [-0.05, 0) is 11.5 Å². The van der Waals surface area contributed by atoms with Crippen molar-refractivity contribution in [2.24, 2.45) is 0 Å². The van der Waals surface area contributed by atoms with E-state index in [2.05, 4.69) is 25.8 Å². The van der Waals surface area contributed by atoms with Crippen LogP contribution in [0.25, 0.3) is 0 Å². The van der Waals surface area contributed by atoms with Gasteiger partial charge in [0, 0.05) is 11.8 Å². The van der Waals surface area contributed by atoms with Crippen molar-refractivity contribution in [1.82, 2.24) is 4.98 Å². The molecule has 0 atom stereocenters. The van der Waals surface area contributed by atoms with Gasteiger partial charge in [-0.1, -0.05) is 20.8 Å². The molecule has 0 radical (unpaired) electrons. The molecule has 14 heavy (non-hydrogen) atoms. The van der Waals surface area contributed by atoms with Crippen molar-refractivity contribution in [3.8, 4) is 11.6 Å². The quantitative estimate of drug-likeness (QED) is 0.632. The van der Waals surface area contributed by atoms with Crippen molar-refractivity contribution >= 4 is 0 Å². The number of rotatable bonds is 0. The summed E-state index contributed by atoms with van der Waals surface area (Å²) in [5.41, 5.74) is 1.22. The van der Waals surface area contributed by atoms with Gasteiger partial charge in [0.2, 0.25) is 0 Å². The lowest BCUT2D eigenvalue weighted by Gasteiger charge is -2.26. The molecule has 0 fully saturated rings. The first kappa shape index (κ1) is 9.31. The molecule has 0 unspecified atom stereocenters. The molecular formula is C11H15NO2.